The minimum absolute atomic E-state index is 0.0767. The van der Waals surface area contributed by atoms with Crippen LogP contribution in [0, 0.1) is 17.1 Å². The van der Waals surface area contributed by atoms with Gasteiger partial charge in [0, 0.05) is 0 Å². The molecule has 0 bridgehead atoms. The summed E-state index contributed by atoms with van der Waals surface area (Å²) in [5, 5.41) is 10.7. The molecule has 0 aliphatic heterocycles. The van der Waals surface area contributed by atoms with Crippen molar-refractivity contribution >= 4 is 5.69 Å². The Morgan fingerprint density at radius 2 is 2.12 bits per heavy atom. The number of nitrogens with zero attached hydrogens (tertiary/aromatic N) is 1. The molecule has 0 radical (unpaired) electrons. The van der Waals surface area contributed by atoms with Crippen LogP contribution in [0.2, 0.25) is 0 Å². The van der Waals surface area contributed by atoms with Crippen molar-refractivity contribution in [3.8, 4) is 6.07 Å². The van der Waals surface area contributed by atoms with Crippen LogP contribution in [-0.2, 0) is 0 Å². The first-order valence-electron chi connectivity index (χ1n) is 4.50. The highest BCUT2D eigenvalue weighted by atomic mass is 19.3. The fourth-order valence-electron chi connectivity index (χ4n) is 1.02. The van der Waals surface area contributed by atoms with E-state index in [9.17, 15) is 13.2 Å². The van der Waals surface area contributed by atoms with E-state index in [4.69, 9.17) is 11.0 Å². The molecule has 1 rings (SSSR count). The molecule has 0 unspecified atom stereocenters. The van der Waals surface area contributed by atoms with Crippen molar-refractivity contribution in [3.05, 3.63) is 29.6 Å². The van der Waals surface area contributed by atoms with Crippen LogP contribution in [0.25, 0.3) is 0 Å². The number of rotatable bonds is 4. The number of nitrogens with two attached hydrogens (primary N) is 1. The van der Waals surface area contributed by atoms with Gasteiger partial charge in [-0.25, -0.2) is 13.2 Å². The highest BCUT2D eigenvalue weighted by Crippen LogP contribution is 2.18. The van der Waals surface area contributed by atoms with E-state index in [2.05, 4.69) is 5.32 Å². The molecule has 0 amide bonds. The van der Waals surface area contributed by atoms with Gasteiger partial charge >= 0.3 is 0 Å². The Balaban J connectivity index is 2.73. The van der Waals surface area contributed by atoms with Crippen LogP contribution in [0.4, 0.5) is 18.9 Å². The van der Waals surface area contributed by atoms with E-state index in [1.54, 1.807) is 6.07 Å². The summed E-state index contributed by atoms with van der Waals surface area (Å²) in [6.45, 7) is -1.55. The van der Waals surface area contributed by atoms with Gasteiger partial charge in [0.15, 0.2) is 0 Å². The second-order valence-corrected chi connectivity index (χ2v) is 3.22. The van der Waals surface area contributed by atoms with Crippen LogP contribution >= 0.6 is 0 Å². The maximum Gasteiger partial charge on any atom is 0.276 e. The number of halogens is 3. The summed E-state index contributed by atoms with van der Waals surface area (Å²) in [7, 11) is 0. The predicted molar refractivity (Wildman–Crippen MR) is 53.6 cm³/mol. The van der Waals surface area contributed by atoms with Crippen LogP contribution in [0.15, 0.2) is 18.2 Å². The number of alkyl halides is 2. The molecular formula is C10H10F3N3. The first kappa shape index (κ1) is 12.3. The second kappa shape index (κ2) is 4.86. The Kier molecular flexibility index (Phi) is 3.74. The van der Waals surface area contributed by atoms with Crippen LogP contribution in [0.1, 0.15) is 5.56 Å². The van der Waals surface area contributed by atoms with Gasteiger partial charge in [0.05, 0.1) is 30.4 Å². The first-order chi connectivity index (χ1) is 7.48. The quantitative estimate of drug-likeness (QED) is 0.826. The predicted octanol–water partition coefficient (Wildman–Crippen LogP) is 1.70. The van der Waals surface area contributed by atoms with Crippen molar-refractivity contribution in [2.75, 3.05) is 18.4 Å². The SMILES string of the molecule is N#Cc1ccc(NCC(F)(F)CN)c(F)c1. The van der Waals surface area contributed by atoms with Crippen LogP contribution in [-0.4, -0.2) is 19.0 Å². The monoisotopic (exact) mass is 229 g/mol. The van der Waals surface area contributed by atoms with Gasteiger partial charge in [-0.05, 0) is 18.2 Å². The third kappa shape index (κ3) is 3.14. The van der Waals surface area contributed by atoms with Crippen molar-refractivity contribution in [1.29, 1.82) is 5.26 Å². The highest BCUT2D eigenvalue weighted by molar-refractivity contribution is 5.48. The summed E-state index contributed by atoms with van der Waals surface area (Å²) in [6.07, 6.45) is 0. The average Bonchev–Trinajstić information content (AvgIpc) is 2.27. The normalized spacial score (nSPS) is 10.9. The largest absolute Gasteiger partial charge is 0.377 e. The lowest BCUT2D eigenvalue weighted by Gasteiger charge is -2.15. The molecule has 1 aromatic carbocycles. The lowest BCUT2D eigenvalue weighted by Crippen LogP contribution is -2.35. The summed E-state index contributed by atoms with van der Waals surface area (Å²) in [4.78, 5) is 0. The maximum atomic E-state index is 13.2. The van der Waals surface area contributed by atoms with E-state index in [1.807, 2.05) is 0 Å². The third-order valence-corrected chi connectivity index (χ3v) is 1.93. The standard InChI is InChI=1S/C10H10F3N3/c11-8-3-7(4-14)1-2-9(8)16-6-10(12,13)5-15/h1-3,16H,5-6,15H2. The number of hydrogen-bond donors (Lipinski definition) is 2. The van der Waals surface area contributed by atoms with Gasteiger partial charge in [0.25, 0.3) is 5.92 Å². The summed E-state index contributed by atoms with van der Waals surface area (Å²) in [6, 6.07) is 5.29. The number of nitriles is 1. The van der Waals surface area contributed by atoms with Crippen molar-refractivity contribution in [3.63, 3.8) is 0 Å². The van der Waals surface area contributed by atoms with Crippen LogP contribution in [0.5, 0.6) is 0 Å². The fourth-order valence-corrected chi connectivity index (χ4v) is 1.02. The van der Waals surface area contributed by atoms with E-state index in [0.29, 0.717) is 0 Å². The molecule has 3 N–H and O–H groups in total. The molecule has 0 saturated carbocycles. The van der Waals surface area contributed by atoms with Gasteiger partial charge in [-0.3, -0.25) is 0 Å². The molecule has 0 aliphatic carbocycles. The van der Waals surface area contributed by atoms with Crippen molar-refractivity contribution in [2.45, 2.75) is 5.92 Å². The third-order valence-electron chi connectivity index (χ3n) is 1.93. The van der Waals surface area contributed by atoms with E-state index >= 15 is 0 Å². The topological polar surface area (TPSA) is 61.8 Å². The fraction of sp³-hybridized carbons (Fsp3) is 0.300. The zero-order valence-corrected chi connectivity index (χ0v) is 8.30. The van der Waals surface area contributed by atoms with Crippen molar-refractivity contribution in [2.24, 2.45) is 5.73 Å². The summed E-state index contributed by atoms with van der Waals surface area (Å²) in [5.41, 5.74) is 4.88. The van der Waals surface area contributed by atoms with Crippen molar-refractivity contribution < 1.29 is 13.2 Å². The molecule has 6 heteroatoms. The summed E-state index contributed by atoms with van der Waals surface area (Å²) < 4.78 is 38.7. The average molecular weight is 229 g/mol. The van der Waals surface area contributed by atoms with Gasteiger partial charge < -0.3 is 11.1 Å². The van der Waals surface area contributed by atoms with Crippen LogP contribution in [0.3, 0.4) is 0 Å². The smallest absolute Gasteiger partial charge is 0.276 e. The minimum Gasteiger partial charge on any atom is -0.377 e. The molecule has 3 nitrogen and oxygen atoms in total. The Morgan fingerprint density at radius 3 is 2.62 bits per heavy atom. The zero-order valence-electron chi connectivity index (χ0n) is 8.30. The molecule has 16 heavy (non-hydrogen) atoms. The first-order valence-corrected chi connectivity index (χ1v) is 4.50. The molecule has 0 saturated heterocycles. The molecule has 0 aliphatic rings. The molecule has 0 aromatic heterocycles. The van der Waals surface area contributed by atoms with Gasteiger partial charge in [0.1, 0.15) is 5.82 Å². The van der Waals surface area contributed by atoms with E-state index in [0.717, 1.165) is 6.07 Å². The van der Waals surface area contributed by atoms with E-state index in [1.165, 1.54) is 12.1 Å². The Morgan fingerprint density at radius 1 is 1.44 bits per heavy atom. The Labute approximate surface area is 90.7 Å². The van der Waals surface area contributed by atoms with Gasteiger partial charge in [-0.15, -0.1) is 0 Å². The molecule has 1 aromatic rings. The number of hydrogen-bond acceptors (Lipinski definition) is 3. The molecule has 86 valence electrons. The van der Waals surface area contributed by atoms with E-state index in [-0.39, 0.29) is 11.3 Å². The molecule has 0 heterocycles. The second-order valence-electron chi connectivity index (χ2n) is 3.22. The Hall–Kier alpha value is -1.74. The lowest BCUT2D eigenvalue weighted by atomic mass is 10.2. The highest BCUT2D eigenvalue weighted by Gasteiger charge is 2.26. The molecule has 0 spiro atoms. The van der Waals surface area contributed by atoms with Gasteiger partial charge in [-0.2, -0.15) is 5.26 Å². The molecular weight excluding hydrogens is 219 g/mol. The summed E-state index contributed by atoms with van der Waals surface area (Å²) in [5.74, 6) is -3.83. The van der Waals surface area contributed by atoms with Gasteiger partial charge in [0.2, 0.25) is 0 Å². The number of anilines is 1. The summed E-state index contributed by atoms with van der Waals surface area (Å²) >= 11 is 0. The lowest BCUT2D eigenvalue weighted by molar-refractivity contribution is 0.0253. The number of nitrogens with one attached hydrogen (secondary N) is 1. The van der Waals surface area contributed by atoms with Crippen molar-refractivity contribution in [1.82, 2.24) is 0 Å². The minimum atomic E-state index is -3.08. The van der Waals surface area contributed by atoms with Crippen LogP contribution < -0.4 is 11.1 Å². The number of benzene rings is 1. The molecule has 0 atom stereocenters. The zero-order chi connectivity index (χ0) is 12.2. The Bertz CT molecular complexity index is 412. The molecule has 0 fully saturated rings. The van der Waals surface area contributed by atoms with Gasteiger partial charge in [-0.1, -0.05) is 0 Å². The maximum absolute atomic E-state index is 13.2. The van der Waals surface area contributed by atoms with E-state index < -0.39 is 24.8 Å².